The predicted octanol–water partition coefficient (Wildman–Crippen LogP) is 2.11. The number of rotatable bonds is 2. The van der Waals surface area contributed by atoms with Crippen molar-refractivity contribution in [1.29, 1.82) is 0 Å². The number of aryl methyl sites for hydroxylation is 1. The third kappa shape index (κ3) is 1.86. The molecule has 1 heterocycles. The van der Waals surface area contributed by atoms with Crippen molar-refractivity contribution < 1.29 is 0 Å². The van der Waals surface area contributed by atoms with Gasteiger partial charge in [0.25, 0.3) is 5.56 Å². The van der Waals surface area contributed by atoms with Gasteiger partial charge in [-0.05, 0) is 42.5 Å². The molecule has 1 atom stereocenters. The SMILES string of the molecule is CCc1ccc2[nH]c(=O)c(C(C)N)cc2c1. The predicted molar refractivity (Wildman–Crippen MR) is 66.5 cm³/mol. The molecule has 3 heteroatoms. The van der Waals surface area contributed by atoms with E-state index < -0.39 is 0 Å². The Morgan fingerprint density at radius 3 is 2.75 bits per heavy atom. The van der Waals surface area contributed by atoms with E-state index >= 15 is 0 Å². The van der Waals surface area contributed by atoms with Crippen LogP contribution in [0.25, 0.3) is 10.9 Å². The molecule has 3 N–H and O–H groups in total. The molecular weight excluding hydrogens is 200 g/mol. The smallest absolute Gasteiger partial charge is 0.253 e. The molecule has 0 fully saturated rings. The lowest BCUT2D eigenvalue weighted by molar-refractivity contribution is 0.804. The van der Waals surface area contributed by atoms with Gasteiger partial charge in [0, 0.05) is 17.1 Å². The lowest BCUT2D eigenvalue weighted by atomic mass is 10.1. The fourth-order valence-electron chi connectivity index (χ4n) is 1.83. The van der Waals surface area contributed by atoms with E-state index in [1.807, 2.05) is 25.1 Å². The van der Waals surface area contributed by atoms with Gasteiger partial charge in [-0.3, -0.25) is 4.79 Å². The van der Waals surface area contributed by atoms with Crippen LogP contribution in [-0.4, -0.2) is 4.98 Å². The van der Waals surface area contributed by atoms with Crippen LogP contribution in [0, 0.1) is 0 Å². The molecule has 0 radical (unpaired) electrons. The number of hydrogen-bond donors (Lipinski definition) is 2. The van der Waals surface area contributed by atoms with Crippen molar-refractivity contribution in [3.05, 3.63) is 45.7 Å². The number of aromatic amines is 1. The fraction of sp³-hybridized carbons (Fsp3) is 0.308. The van der Waals surface area contributed by atoms with Crippen LogP contribution in [0.15, 0.2) is 29.1 Å². The summed E-state index contributed by atoms with van der Waals surface area (Å²) in [5, 5.41) is 1.05. The van der Waals surface area contributed by atoms with Crippen LogP contribution in [0.5, 0.6) is 0 Å². The fourth-order valence-corrected chi connectivity index (χ4v) is 1.83. The molecule has 3 nitrogen and oxygen atoms in total. The van der Waals surface area contributed by atoms with Gasteiger partial charge in [0.2, 0.25) is 0 Å². The molecule has 0 aliphatic rings. The van der Waals surface area contributed by atoms with Crippen LogP contribution < -0.4 is 11.3 Å². The zero-order valence-corrected chi connectivity index (χ0v) is 9.58. The molecule has 0 amide bonds. The van der Waals surface area contributed by atoms with Gasteiger partial charge in [0.1, 0.15) is 0 Å². The second kappa shape index (κ2) is 4.10. The maximum Gasteiger partial charge on any atom is 0.253 e. The first-order valence-corrected chi connectivity index (χ1v) is 5.53. The average molecular weight is 216 g/mol. The molecule has 2 rings (SSSR count). The molecule has 2 aromatic rings. The summed E-state index contributed by atoms with van der Waals surface area (Å²) in [7, 11) is 0. The Kier molecular flexibility index (Phi) is 2.79. The summed E-state index contributed by atoms with van der Waals surface area (Å²) >= 11 is 0. The van der Waals surface area contributed by atoms with Crippen LogP contribution >= 0.6 is 0 Å². The molecule has 0 bridgehead atoms. The van der Waals surface area contributed by atoms with Crippen molar-refractivity contribution in [2.75, 3.05) is 0 Å². The molecule has 0 aliphatic heterocycles. The molecule has 0 saturated heterocycles. The third-order valence-electron chi connectivity index (χ3n) is 2.84. The van der Waals surface area contributed by atoms with Gasteiger partial charge in [-0.25, -0.2) is 0 Å². The lowest BCUT2D eigenvalue weighted by Gasteiger charge is -2.07. The maximum atomic E-state index is 11.7. The van der Waals surface area contributed by atoms with Gasteiger partial charge in [-0.15, -0.1) is 0 Å². The first-order chi connectivity index (χ1) is 7.61. The van der Waals surface area contributed by atoms with Gasteiger partial charge in [-0.2, -0.15) is 0 Å². The minimum Gasteiger partial charge on any atom is -0.324 e. The van der Waals surface area contributed by atoms with Gasteiger partial charge in [-0.1, -0.05) is 13.0 Å². The van der Waals surface area contributed by atoms with E-state index in [4.69, 9.17) is 5.73 Å². The number of nitrogens with two attached hydrogens (primary N) is 1. The van der Waals surface area contributed by atoms with Crippen molar-refractivity contribution in [3.63, 3.8) is 0 Å². The number of nitrogens with one attached hydrogen (secondary N) is 1. The van der Waals surface area contributed by atoms with Crippen molar-refractivity contribution in [2.45, 2.75) is 26.3 Å². The molecule has 16 heavy (non-hydrogen) atoms. The van der Waals surface area contributed by atoms with E-state index in [0.29, 0.717) is 5.56 Å². The Hall–Kier alpha value is -1.61. The molecular formula is C13H16N2O. The monoisotopic (exact) mass is 216 g/mol. The number of H-pyrrole nitrogens is 1. The van der Waals surface area contributed by atoms with Gasteiger partial charge < -0.3 is 10.7 Å². The van der Waals surface area contributed by atoms with Gasteiger partial charge >= 0.3 is 0 Å². The van der Waals surface area contributed by atoms with Crippen molar-refractivity contribution >= 4 is 10.9 Å². The van der Waals surface area contributed by atoms with Crippen LogP contribution in [0.4, 0.5) is 0 Å². The van der Waals surface area contributed by atoms with E-state index in [0.717, 1.165) is 17.3 Å². The van der Waals surface area contributed by atoms with Crippen molar-refractivity contribution in [2.24, 2.45) is 5.73 Å². The molecule has 0 spiro atoms. The van der Waals surface area contributed by atoms with E-state index in [9.17, 15) is 4.79 Å². The van der Waals surface area contributed by atoms with Gasteiger partial charge in [0.05, 0.1) is 0 Å². The highest BCUT2D eigenvalue weighted by molar-refractivity contribution is 5.79. The highest BCUT2D eigenvalue weighted by Gasteiger charge is 2.06. The number of benzene rings is 1. The Balaban J connectivity index is 2.70. The quantitative estimate of drug-likeness (QED) is 0.807. The maximum absolute atomic E-state index is 11.7. The number of pyridine rings is 1. The van der Waals surface area contributed by atoms with E-state index in [1.54, 1.807) is 0 Å². The van der Waals surface area contributed by atoms with Gasteiger partial charge in [0.15, 0.2) is 0 Å². The summed E-state index contributed by atoms with van der Waals surface area (Å²) < 4.78 is 0. The summed E-state index contributed by atoms with van der Waals surface area (Å²) in [5.41, 5.74) is 8.43. The largest absolute Gasteiger partial charge is 0.324 e. The summed E-state index contributed by atoms with van der Waals surface area (Å²) in [6.45, 7) is 3.93. The Morgan fingerprint density at radius 1 is 1.38 bits per heavy atom. The Bertz CT molecular complexity index is 570. The summed E-state index contributed by atoms with van der Waals surface area (Å²) in [5.74, 6) is 0. The van der Waals surface area contributed by atoms with Crippen LogP contribution in [0.1, 0.15) is 31.0 Å². The first-order valence-electron chi connectivity index (χ1n) is 5.53. The molecule has 1 aromatic heterocycles. The summed E-state index contributed by atoms with van der Waals surface area (Å²) in [6.07, 6.45) is 0.989. The Labute approximate surface area is 94.3 Å². The number of hydrogen-bond acceptors (Lipinski definition) is 2. The lowest BCUT2D eigenvalue weighted by Crippen LogP contribution is -2.19. The second-order valence-electron chi connectivity index (χ2n) is 4.12. The summed E-state index contributed by atoms with van der Waals surface area (Å²) in [4.78, 5) is 14.5. The minimum absolute atomic E-state index is 0.0910. The van der Waals surface area contributed by atoms with Crippen LogP contribution in [0.3, 0.4) is 0 Å². The van der Waals surface area contributed by atoms with Crippen molar-refractivity contribution in [3.8, 4) is 0 Å². The highest BCUT2D eigenvalue weighted by atomic mass is 16.1. The van der Waals surface area contributed by atoms with E-state index in [1.165, 1.54) is 5.56 Å². The average Bonchev–Trinajstić information content (AvgIpc) is 2.27. The van der Waals surface area contributed by atoms with Crippen LogP contribution in [0.2, 0.25) is 0 Å². The normalized spacial score (nSPS) is 12.9. The number of aromatic nitrogens is 1. The summed E-state index contributed by atoms with van der Waals surface area (Å²) in [6, 6.07) is 7.72. The standard InChI is InChI=1S/C13H16N2O/c1-3-9-4-5-12-10(6-9)7-11(8(2)14)13(16)15-12/h4-8H,3,14H2,1-2H3,(H,15,16). The zero-order chi connectivity index (χ0) is 11.7. The molecule has 1 aromatic carbocycles. The third-order valence-corrected chi connectivity index (χ3v) is 2.84. The van der Waals surface area contributed by atoms with E-state index in [-0.39, 0.29) is 11.6 Å². The molecule has 1 unspecified atom stereocenters. The second-order valence-corrected chi connectivity index (χ2v) is 4.12. The first kappa shape index (κ1) is 10.9. The molecule has 84 valence electrons. The zero-order valence-electron chi connectivity index (χ0n) is 9.58. The van der Waals surface area contributed by atoms with Crippen molar-refractivity contribution in [1.82, 2.24) is 4.98 Å². The molecule has 0 saturated carbocycles. The topological polar surface area (TPSA) is 58.9 Å². The number of fused-ring (bicyclic) bond motifs is 1. The highest BCUT2D eigenvalue weighted by Crippen LogP contribution is 2.16. The molecule has 0 aliphatic carbocycles. The van der Waals surface area contributed by atoms with Crippen LogP contribution in [-0.2, 0) is 6.42 Å². The van der Waals surface area contributed by atoms with E-state index in [2.05, 4.69) is 18.0 Å². The Morgan fingerprint density at radius 2 is 2.12 bits per heavy atom. The minimum atomic E-state index is -0.238.